The van der Waals surface area contributed by atoms with Crippen LogP contribution < -0.4 is 10.6 Å². The zero-order chi connectivity index (χ0) is 27.6. The number of hydrogen-bond acceptors (Lipinski definition) is 6. The van der Waals surface area contributed by atoms with Crippen LogP contribution in [0.1, 0.15) is 75.0 Å². The second-order valence-corrected chi connectivity index (χ2v) is 10.3. The smallest absolute Gasteiger partial charge is 0.212 e. The van der Waals surface area contributed by atoms with Gasteiger partial charge >= 0.3 is 0 Å². The monoisotopic (exact) mass is 536 g/mol. The topological polar surface area (TPSA) is 87.4 Å². The number of aliphatic hydroxyl groups is 1. The molecule has 7 nitrogen and oxygen atoms in total. The van der Waals surface area contributed by atoms with Crippen LogP contribution in [0.2, 0.25) is 0 Å². The number of pyridine rings is 1. The molecule has 0 spiro atoms. The van der Waals surface area contributed by atoms with Crippen LogP contribution in [0, 0.1) is 11.8 Å². The molecule has 9 heteroatoms. The van der Waals surface area contributed by atoms with Gasteiger partial charge in [0.05, 0.1) is 18.8 Å². The number of rotatable bonds is 15. The Morgan fingerprint density at radius 2 is 1.77 bits per heavy atom. The summed E-state index contributed by atoms with van der Waals surface area (Å²) in [6.07, 6.45) is 10.5. The molecule has 0 saturated carbocycles. The van der Waals surface area contributed by atoms with E-state index in [4.69, 9.17) is 4.98 Å². The molecule has 4 aromatic rings. The van der Waals surface area contributed by atoms with Gasteiger partial charge in [0.15, 0.2) is 5.65 Å². The fraction of sp³-hybridized carbons (Fsp3) is 0.433. The van der Waals surface area contributed by atoms with Gasteiger partial charge in [-0.3, -0.25) is 0 Å². The lowest BCUT2D eigenvalue weighted by molar-refractivity contribution is 0.266. The number of aryl methyl sites for hydroxylation is 1. The number of benzene rings is 1. The highest BCUT2D eigenvalue weighted by Gasteiger charge is 2.16. The molecule has 1 atom stereocenters. The Hall–Kier alpha value is -3.59. The third-order valence-corrected chi connectivity index (χ3v) is 6.92. The Bertz CT molecular complexity index is 1330. The molecule has 4 rings (SSSR count). The van der Waals surface area contributed by atoms with Crippen molar-refractivity contribution in [1.29, 1.82) is 0 Å². The SMILES string of the molecule is CC(C)c1cnn2c(NCc3ccccc3F)cc(NC(CO)CCCCCCCc3ccc(F)nc3)nc12. The predicted octanol–water partition coefficient (Wildman–Crippen LogP) is 6.49. The van der Waals surface area contributed by atoms with Crippen LogP contribution in [-0.4, -0.2) is 37.3 Å². The van der Waals surface area contributed by atoms with Gasteiger partial charge in [-0.05, 0) is 42.9 Å². The van der Waals surface area contributed by atoms with E-state index in [2.05, 4.69) is 34.6 Å². The third-order valence-electron chi connectivity index (χ3n) is 6.92. The number of aromatic nitrogens is 4. The molecular weight excluding hydrogens is 498 g/mol. The van der Waals surface area contributed by atoms with E-state index in [1.54, 1.807) is 28.9 Å². The van der Waals surface area contributed by atoms with Crippen molar-refractivity contribution in [3.63, 3.8) is 0 Å². The van der Waals surface area contributed by atoms with Gasteiger partial charge in [0.1, 0.15) is 17.5 Å². The second kappa shape index (κ2) is 14.0. The molecule has 0 radical (unpaired) electrons. The summed E-state index contributed by atoms with van der Waals surface area (Å²) >= 11 is 0. The summed E-state index contributed by atoms with van der Waals surface area (Å²) in [6, 6.07) is 11.6. The van der Waals surface area contributed by atoms with E-state index in [-0.39, 0.29) is 24.4 Å². The standard InChI is InChI=1S/C30H38F2N6O/c1-21(2)25-19-35-38-29(34-18-23-11-8-9-13-26(23)31)16-28(37-30(25)38)36-24(20-39)12-7-5-3-4-6-10-22-14-15-27(32)33-17-22/h8-9,11,13-17,19,21,24,34,39H,3-7,10,12,18,20H2,1-2H3,(H,36,37). The first-order chi connectivity index (χ1) is 18.9. The molecule has 1 aromatic carbocycles. The fourth-order valence-corrected chi connectivity index (χ4v) is 4.64. The van der Waals surface area contributed by atoms with E-state index < -0.39 is 5.95 Å². The van der Waals surface area contributed by atoms with Gasteiger partial charge in [0, 0.05) is 29.9 Å². The Balaban J connectivity index is 1.33. The summed E-state index contributed by atoms with van der Waals surface area (Å²) < 4.78 is 28.9. The zero-order valence-corrected chi connectivity index (χ0v) is 22.7. The van der Waals surface area contributed by atoms with Crippen LogP contribution in [0.25, 0.3) is 5.65 Å². The number of hydrogen-bond donors (Lipinski definition) is 3. The van der Waals surface area contributed by atoms with E-state index in [1.807, 2.05) is 18.3 Å². The lowest BCUT2D eigenvalue weighted by Crippen LogP contribution is -2.24. The summed E-state index contributed by atoms with van der Waals surface area (Å²) in [7, 11) is 0. The highest BCUT2D eigenvalue weighted by molar-refractivity contribution is 5.61. The van der Waals surface area contributed by atoms with E-state index in [1.165, 1.54) is 12.1 Å². The molecule has 0 aliphatic heterocycles. The zero-order valence-electron chi connectivity index (χ0n) is 22.7. The molecule has 0 bridgehead atoms. The van der Waals surface area contributed by atoms with Gasteiger partial charge in [-0.25, -0.2) is 14.4 Å². The minimum Gasteiger partial charge on any atom is -0.394 e. The summed E-state index contributed by atoms with van der Waals surface area (Å²) in [5.41, 5.74) is 3.38. The summed E-state index contributed by atoms with van der Waals surface area (Å²) in [5.74, 6) is 0.877. The second-order valence-electron chi connectivity index (χ2n) is 10.3. The number of nitrogens with zero attached hydrogens (tertiary/aromatic N) is 4. The van der Waals surface area contributed by atoms with Crippen molar-refractivity contribution in [1.82, 2.24) is 19.6 Å². The quantitative estimate of drug-likeness (QED) is 0.119. The number of nitrogens with one attached hydrogen (secondary N) is 2. The molecule has 3 N–H and O–H groups in total. The maximum Gasteiger partial charge on any atom is 0.212 e. The van der Waals surface area contributed by atoms with E-state index >= 15 is 0 Å². The number of aliphatic hydroxyl groups excluding tert-OH is 1. The average molecular weight is 537 g/mol. The highest BCUT2D eigenvalue weighted by atomic mass is 19.1. The summed E-state index contributed by atoms with van der Waals surface area (Å²) in [5, 5.41) is 21.3. The Morgan fingerprint density at radius 3 is 2.51 bits per heavy atom. The number of unbranched alkanes of at least 4 members (excludes halogenated alkanes) is 4. The van der Waals surface area contributed by atoms with E-state index in [0.717, 1.165) is 61.7 Å². The van der Waals surface area contributed by atoms with Crippen molar-refractivity contribution in [3.8, 4) is 0 Å². The molecule has 0 aliphatic carbocycles. The lowest BCUT2D eigenvalue weighted by atomic mass is 10.0. The largest absolute Gasteiger partial charge is 0.394 e. The molecule has 1 unspecified atom stereocenters. The Morgan fingerprint density at radius 1 is 0.974 bits per heavy atom. The van der Waals surface area contributed by atoms with Crippen LogP contribution in [0.5, 0.6) is 0 Å². The normalized spacial score (nSPS) is 12.3. The van der Waals surface area contributed by atoms with Crippen molar-refractivity contribution < 1.29 is 13.9 Å². The van der Waals surface area contributed by atoms with E-state index in [0.29, 0.717) is 23.7 Å². The maximum absolute atomic E-state index is 14.2. The predicted molar refractivity (Wildman–Crippen MR) is 151 cm³/mol. The van der Waals surface area contributed by atoms with Crippen molar-refractivity contribution in [3.05, 3.63) is 83.3 Å². The lowest BCUT2D eigenvalue weighted by Gasteiger charge is -2.19. The molecule has 3 heterocycles. The minimum absolute atomic E-state index is 0.00127. The molecule has 3 aromatic heterocycles. The van der Waals surface area contributed by atoms with Crippen LogP contribution in [0.15, 0.2) is 54.9 Å². The molecule has 0 aliphatic rings. The fourth-order valence-electron chi connectivity index (χ4n) is 4.64. The van der Waals surface area contributed by atoms with E-state index in [9.17, 15) is 13.9 Å². The molecule has 0 saturated heterocycles. The Labute approximate surface area is 228 Å². The van der Waals surface area contributed by atoms with Crippen LogP contribution >= 0.6 is 0 Å². The van der Waals surface area contributed by atoms with Gasteiger partial charge in [-0.15, -0.1) is 0 Å². The third kappa shape index (κ3) is 7.95. The van der Waals surface area contributed by atoms with Gasteiger partial charge in [0.2, 0.25) is 5.95 Å². The highest BCUT2D eigenvalue weighted by Crippen LogP contribution is 2.25. The molecular formula is C30H38F2N6O. The minimum atomic E-state index is -0.443. The molecule has 0 amide bonds. The molecule has 208 valence electrons. The summed E-state index contributed by atoms with van der Waals surface area (Å²) in [4.78, 5) is 8.52. The van der Waals surface area contributed by atoms with Crippen LogP contribution in [0.3, 0.4) is 0 Å². The van der Waals surface area contributed by atoms with Gasteiger partial charge < -0.3 is 15.7 Å². The van der Waals surface area contributed by atoms with Crippen molar-refractivity contribution >= 4 is 17.3 Å². The number of fused-ring (bicyclic) bond motifs is 1. The van der Waals surface area contributed by atoms with Crippen molar-refractivity contribution in [2.24, 2.45) is 0 Å². The maximum atomic E-state index is 14.2. The van der Waals surface area contributed by atoms with Gasteiger partial charge in [-0.1, -0.05) is 63.8 Å². The first-order valence-corrected chi connectivity index (χ1v) is 13.8. The van der Waals surface area contributed by atoms with Crippen LogP contribution in [0.4, 0.5) is 20.4 Å². The average Bonchev–Trinajstić information content (AvgIpc) is 3.37. The van der Waals surface area contributed by atoms with Gasteiger partial charge in [-0.2, -0.15) is 14.0 Å². The van der Waals surface area contributed by atoms with Crippen molar-refractivity contribution in [2.45, 2.75) is 77.3 Å². The first kappa shape index (κ1) is 28.4. The molecule has 39 heavy (non-hydrogen) atoms. The summed E-state index contributed by atoms with van der Waals surface area (Å²) in [6.45, 7) is 4.50. The number of anilines is 2. The number of halogens is 2. The Kier molecular flexibility index (Phi) is 10.2. The molecule has 0 fully saturated rings. The van der Waals surface area contributed by atoms with Crippen molar-refractivity contribution in [2.75, 3.05) is 17.2 Å². The van der Waals surface area contributed by atoms with Gasteiger partial charge in [0.25, 0.3) is 0 Å². The first-order valence-electron chi connectivity index (χ1n) is 13.8. The van der Waals surface area contributed by atoms with Crippen LogP contribution in [-0.2, 0) is 13.0 Å².